The molecule has 0 atom stereocenters. The van der Waals surface area contributed by atoms with Gasteiger partial charge in [0.05, 0.1) is 0 Å². The number of aromatic amines is 1. The number of hydrogen-bond acceptors (Lipinski definition) is 3. The molecule has 0 unspecified atom stereocenters. The van der Waals surface area contributed by atoms with Gasteiger partial charge in [0.1, 0.15) is 5.82 Å². The smallest absolute Gasteiger partial charge is 0.208 e. The highest BCUT2D eigenvalue weighted by Gasteiger charge is 2.05. The highest BCUT2D eigenvalue weighted by atomic mass is 32.2. The first kappa shape index (κ1) is 15.1. The summed E-state index contributed by atoms with van der Waals surface area (Å²) in [6, 6.07) is 8.53. The van der Waals surface area contributed by atoms with E-state index < -0.39 is 0 Å². The van der Waals surface area contributed by atoms with Crippen molar-refractivity contribution >= 4 is 11.8 Å². The van der Waals surface area contributed by atoms with Crippen LogP contribution in [0.1, 0.15) is 49.6 Å². The Kier molecular flexibility index (Phi) is 6.12. The molecule has 0 aliphatic carbocycles. The van der Waals surface area contributed by atoms with Crippen molar-refractivity contribution in [2.24, 2.45) is 0 Å². The number of hydrogen-bond donors (Lipinski definition) is 1. The highest BCUT2D eigenvalue weighted by molar-refractivity contribution is 7.99. The fraction of sp³-hybridized carbons (Fsp3) is 0.500. The van der Waals surface area contributed by atoms with E-state index in [4.69, 9.17) is 0 Å². The second-order valence-corrected chi connectivity index (χ2v) is 6.20. The van der Waals surface area contributed by atoms with Crippen molar-refractivity contribution in [1.29, 1.82) is 0 Å². The zero-order valence-corrected chi connectivity index (χ0v) is 13.2. The van der Waals surface area contributed by atoms with E-state index in [0.717, 1.165) is 23.2 Å². The van der Waals surface area contributed by atoms with Gasteiger partial charge in [-0.1, -0.05) is 67.8 Å². The highest BCUT2D eigenvalue weighted by Crippen LogP contribution is 2.16. The van der Waals surface area contributed by atoms with Gasteiger partial charge in [-0.3, -0.25) is 5.10 Å². The summed E-state index contributed by atoms with van der Waals surface area (Å²) in [6.45, 7) is 4.35. The van der Waals surface area contributed by atoms with E-state index in [-0.39, 0.29) is 0 Å². The Balaban J connectivity index is 1.80. The van der Waals surface area contributed by atoms with Crippen molar-refractivity contribution in [2.75, 3.05) is 5.75 Å². The van der Waals surface area contributed by atoms with Crippen LogP contribution in [0, 0.1) is 6.92 Å². The minimum Gasteiger partial charge on any atom is -0.262 e. The zero-order valence-electron chi connectivity index (χ0n) is 12.4. The van der Waals surface area contributed by atoms with Crippen LogP contribution in [0.25, 0.3) is 0 Å². The predicted octanol–water partition coefficient (Wildman–Crippen LogP) is 4.38. The number of rotatable bonds is 8. The SMILES string of the molecule is CCCCCCSc1n[nH]c(Cc2cccc(C)c2)n1. The monoisotopic (exact) mass is 289 g/mol. The molecule has 2 rings (SSSR count). The van der Waals surface area contributed by atoms with Gasteiger partial charge in [0, 0.05) is 12.2 Å². The summed E-state index contributed by atoms with van der Waals surface area (Å²) in [4.78, 5) is 4.55. The molecule has 20 heavy (non-hydrogen) atoms. The fourth-order valence-corrected chi connectivity index (χ4v) is 2.95. The summed E-state index contributed by atoms with van der Waals surface area (Å²) in [6.07, 6.45) is 5.99. The number of nitrogens with zero attached hydrogens (tertiary/aromatic N) is 2. The largest absolute Gasteiger partial charge is 0.262 e. The minimum absolute atomic E-state index is 0.824. The molecule has 0 saturated carbocycles. The molecule has 0 saturated heterocycles. The van der Waals surface area contributed by atoms with Gasteiger partial charge < -0.3 is 0 Å². The summed E-state index contributed by atoms with van der Waals surface area (Å²) < 4.78 is 0. The van der Waals surface area contributed by atoms with Crippen LogP contribution in [0.3, 0.4) is 0 Å². The Morgan fingerprint density at radius 3 is 2.90 bits per heavy atom. The molecule has 0 aliphatic rings. The molecule has 1 heterocycles. The normalized spacial score (nSPS) is 10.9. The number of thioether (sulfide) groups is 1. The van der Waals surface area contributed by atoms with E-state index in [9.17, 15) is 0 Å². The van der Waals surface area contributed by atoms with E-state index in [1.807, 2.05) is 0 Å². The van der Waals surface area contributed by atoms with Crippen molar-refractivity contribution < 1.29 is 0 Å². The molecule has 0 radical (unpaired) electrons. The van der Waals surface area contributed by atoms with Crippen LogP contribution in [0.2, 0.25) is 0 Å². The first-order valence-electron chi connectivity index (χ1n) is 7.37. The molecule has 0 spiro atoms. The summed E-state index contributed by atoms with van der Waals surface area (Å²) in [5.74, 6) is 2.06. The summed E-state index contributed by atoms with van der Waals surface area (Å²) in [5.41, 5.74) is 2.56. The van der Waals surface area contributed by atoms with Gasteiger partial charge in [-0.05, 0) is 18.9 Å². The third kappa shape index (κ3) is 5.00. The van der Waals surface area contributed by atoms with E-state index in [2.05, 4.69) is 53.3 Å². The fourth-order valence-electron chi connectivity index (χ4n) is 2.13. The minimum atomic E-state index is 0.824. The number of H-pyrrole nitrogens is 1. The van der Waals surface area contributed by atoms with Crippen LogP contribution in [-0.2, 0) is 6.42 Å². The van der Waals surface area contributed by atoms with Gasteiger partial charge in [-0.2, -0.15) is 0 Å². The Bertz CT molecular complexity index is 522. The van der Waals surface area contributed by atoms with Gasteiger partial charge in [0.2, 0.25) is 5.16 Å². The third-order valence-corrected chi connectivity index (χ3v) is 4.13. The predicted molar refractivity (Wildman–Crippen MR) is 85.2 cm³/mol. The van der Waals surface area contributed by atoms with E-state index in [1.165, 1.54) is 36.8 Å². The van der Waals surface area contributed by atoms with E-state index >= 15 is 0 Å². The zero-order chi connectivity index (χ0) is 14.2. The number of aryl methyl sites for hydroxylation is 1. The molecule has 0 bridgehead atoms. The Hall–Kier alpha value is -1.29. The van der Waals surface area contributed by atoms with Crippen molar-refractivity contribution in [3.05, 3.63) is 41.2 Å². The van der Waals surface area contributed by atoms with Crippen LogP contribution in [-0.4, -0.2) is 20.9 Å². The first-order chi connectivity index (χ1) is 9.78. The van der Waals surface area contributed by atoms with Crippen LogP contribution in [0.15, 0.2) is 29.4 Å². The molecule has 0 amide bonds. The van der Waals surface area contributed by atoms with Crippen molar-refractivity contribution in [1.82, 2.24) is 15.2 Å². The number of benzene rings is 1. The van der Waals surface area contributed by atoms with E-state index in [1.54, 1.807) is 11.8 Å². The van der Waals surface area contributed by atoms with Crippen molar-refractivity contribution in [2.45, 2.75) is 51.1 Å². The molecule has 1 aromatic heterocycles. The average molecular weight is 289 g/mol. The standard InChI is InChI=1S/C16H23N3S/c1-3-4-5-6-10-20-16-17-15(18-19-16)12-14-9-7-8-13(2)11-14/h7-9,11H,3-6,10,12H2,1-2H3,(H,17,18,19). The average Bonchev–Trinajstić information content (AvgIpc) is 2.86. The molecule has 0 aliphatic heterocycles. The van der Waals surface area contributed by atoms with Crippen LogP contribution < -0.4 is 0 Å². The Labute approximate surface area is 125 Å². The van der Waals surface area contributed by atoms with Gasteiger partial charge in [-0.15, -0.1) is 5.10 Å². The van der Waals surface area contributed by atoms with Crippen molar-refractivity contribution in [3.63, 3.8) is 0 Å². The lowest BCUT2D eigenvalue weighted by Gasteiger charge is -1.99. The first-order valence-corrected chi connectivity index (χ1v) is 8.36. The number of unbranched alkanes of at least 4 members (excludes halogenated alkanes) is 3. The molecule has 2 aromatic rings. The lowest BCUT2D eigenvalue weighted by molar-refractivity contribution is 0.706. The van der Waals surface area contributed by atoms with Gasteiger partial charge in [-0.25, -0.2) is 4.98 Å². The molecular formula is C16H23N3S. The topological polar surface area (TPSA) is 41.6 Å². The number of nitrogens with one attached hydrogen (secondary N) is 1. The van der Waals surface area contributed by atoms with E-state index in [0.29, 0.717) is 0 Å². The third-order valence-electron chi connectivity index (χ3n) is 3.19. The molecule has 0 fully saturated rings. The maximum Gasteiger partial charge on any atom is 0.208 e. The van der Waals surface area contributed by atoms with Gasteiger partial charge in [0.25, 0.3) is 0 Å². The van der Waals surface area contributed by atoms with Crippen molar-refractivity contribution in [3.8, 4) is 0 Å². The molecule has 3 nitrogen and oxygen atoms in total. The van der Waals surface area contributed by atoms with Crippen LogP contribution in [0.5, 0.6) is 0 Å². The molecule has 1 N–H and O–H groups in total. The number of aromatic nitrogens is 3. The summed E-state index contributed by atoms with van der Waals surface area (Å²) >= 11 is 1.75. The second kappa shape index (κ2) is 8.10. The van der Waals surface area contributed by atoms with Crippen LogP contribution >= 0.6 is 11.8 Å². The Morgan fingerprint density at radius 1 is 1.20 bits per heavy atom. The quantitative estimate of drug-likeness (QED) is 0.579. The lowest BCUT2D eigenvalue weighted by atomic mass is 10.1. The maximum atomic E-state index is 4.55. The lowest BCUT2D eigenvalue weighted by Crippen LogP contribution is -1.91. The molecular weight excluding hydrogens is 266 g/mol. The Morgan fingerprint density at radius 2 is 2.10 bits per heavy atom. The van der Waals surface area contributed by atoms with Crippen LogP contribution in [0.4, 0.5) is 0 Å². The summed E-state index contributed by atoms with van der Waals surface area (Å²) in [7, 11) is 0. The molecule has 4 heteroatoms. The van der Waals surface area contributed by atoms with Gasteiger partial charge in [0.15, 0.2) is 0 Å². The second-order valence-electron chi connectivity index (χ2n) is 5.14. The molecule has 108 valence electrons. The summed E-state index contributed by atoms with van der Waals surface area (Å²) in [5, 5.41) is 8.20. The molecule has 1 aromatic carbocycles. The maximum absolute atomic E-state index is 4.55. The van der Waals surface area contributed by atoms with Gasteiger partial charge >= 0.3 is 0 Å².